The summed E-state index contributed by atoms with van der Waals surface area (Å²) in [5, 5.41) is 6.92. The first-order valence-corrected chi connectivity index (χ1v) is 7.42. The van der Waals surface area contributed by atoms with E-state index in [9.17, 15) is 0 Å². The van der Waals surface area contributed by atoms with E-state index < -0.39 is 0 Å². The van der Waals surface area contributed by atoms with Crippen LogP contribution >= 0.6 is 24.8 Å². The lowest BCUT2D eigenvalue weighted by Gasteiger charge is -2.30. The Hall–Kier alpha value is -1.75. The number of fused-ring (bicyclic) bond motifs is 2. The highest BCUT2D eigenvalue weighted by atomic mass is 35.5. The number of piperazine rings is 1. The monoisotopic (exact) mass is 350 g/mol. The number of aliphatic imine (C=N–C) groups is 1. The second-order valence-corrected chi connectivity index (χ2v) is 5.36. The van der Waals surface area contributed by atoms with Crippen LogP contribution in [0.5, 0.6) is 0 Å². The fourth-order valence-electron chi connectivity index (χ4n) is 2.90. The maximum atomic E-state index is 4.96. The molecule has 23 heavy (non-hydrogen) atoms. The quantitative estimate of drug-likeness (QED) is 0.762. The molecule has 4 rings (SSSR count). The lowest BCUT2D eigenvalue weighted by molar-refractivity contribution is 0.358. The largest absolute Gasteiger partial charge is 0.353 e. The lowest BCUT2D eigenvalue weighted by atomic mass is 10.1. The summed E-state index contributed by atoms with van der Waals surface area (Å²) < 4.78 is 0. The van der Waals surface area contributed by atoms with Crippen molar-refractivity contribution >= 4 is 47.7 Å². The Kier molecular flexibility index (Phi) is 5.88. The van der Waals surface area contributed by atoms with Crippen LogP contribution in [0.2, 0.25) is 0 Å². The van der Waals surface area contributed by atoms with E-state index in [1.807, 2.05) is 12.1 Å². The third-order valence-corrected chi connectivity index (χ3v) is 3.98. The van der Waals surface area contributed by atoms with E-state index in [-0.39, 0.29) is 24.8 Å². The van der Waals surface area contributed by atoms with Crippen LogP contribution in [0.25, 0.3) is 0 Å². The van der Waals surface area contributed by atoms with E-state index in [2.05, 4.69) is 51.9 Å². The number of halogens is 2. The van der Waals surface area contributed by atoms with Crippen LogP contribution in [-0.4, -0.2) is 36.9 Å². The average molecular weight is 351 g/mol. The molecule has 6 heteroatoms. The van der Waals surface area contributed by atoms with Crippen LogP contribution in [0.4, 0.5) is 17.1 Å². The molecular weight excluding hydrogens is 331 g/mol. The number of hydrogen-bond donors (Lipinski definition) is 2. The predicted molar refractivity (Wildman–Crippen MR) is 101 cm³/mol. The van der Waals surface area contributed by atoms with Gasteiger partial charge in [-0.15, -0.1) is 24.8 Å². The van der Waals surface area contributed by atoms with Crippen LogP contribution in [0.3, 0.4) is 0 Å². The molecule has 122 valence electrons. The van der Waals surface area contributed by atoms with Crippen LogP contribution in [0.1, 0.15) is 5.56 Å². The molecule has 2 aliphatic rings. The molecule has 0 bridgehead atoms. The second-order valence-electron chi connectivity index (χ2n) is 5.36. The Morgan fingerprint density at radius 1 is 0.826 bits per heavy atom. The molecule has 0 aromatic heterocycles. The molecule has 0 radical (unpaired) electrons. The highest BCUT2D eigenvalue weighted by Crippen LogP contribution is 2.34. The zero-order valence-electron chi connectivity index (χ0n) is 12.7. The molecule has 2 aromatic carbocycles. The van der Waals surface area contributed by atoms with Gasteiger partial charge in [0.2, 0.25) is 0 Å². The van der Waals surface area contributed by atoms with Crippen LogP contribution < -0.4 is 10.6 Å². The molecule has 0 spiro atoms. The maximum Gasteiger partial charge on any atom is 0.138 e. The normalized spacial score (nSPS) is 15.7. The van der Waals surface area contributed by atoms with Gasteiger partial charge in [-0.1, -0.05) is 24.3 Å². The van der Waals surface area contributed by atoms with Crippen LogP contribution in [0, 0.1) is 0 Å². The third-order valence-electron chi connectivity index (χ3n) is 3.98. The van der Waals surface area contributed by atoms with Gasteiger partial charge >= 0.3 is 0 Å². The maximum absolute atomic E-state index is 4.96. The SMILES string of the molecule is Cl.Cl.c1ccc2c(c1)N=C(N1CCNCC1)c1ccccc1N2. The van der Waals surface area contributed by atoms with Crippen molar-refractivity contribution in [2.75, 3.05) is 31.5 Å². The smallest absolute Gasteiger partial charge is 0.138 e. The molecule has 2 N–H and O–H groups in total. The van der Waals surface area contributed by atoms with E-state index in [1.54, 1.807) is 0 Å². The Morgan fingerprint density at radius 3 is 2.26 bits per heavy atom. The summed E-state index contributed by atoms with van der Waals surface area (Å²) in [5.41, 5.74) is 4.37. The molecule has 4 nitrogen and oxygen atoms in total. The van der Waals surface area contributed by atoms with Gasteiger partial charge in [0.1, 0.15) is 5.84 Å². The van der Waals surface area contributed by atoms with Crippen LogP contribution in [-0.2, 0) is 0 Å². The Morgan fingerprint density at radius 2 is 1.48 bits per heavy atom. The first kappa shape index (κ1) is 17.6. The zero-order chi connectivity index (χ0) is 14.1. The minimum atomic E-state index is 0. The molecule has 2 heterocycles. The highest BCUT2D eigenvalue weighted by molar-refractivity contribution is 6.07. The molecule has 0 saturated carbocycles. The summed E-state index contributed by atoms with van der Waals surface area (Å²) in [6.45, 7) is 4.01. The van der Waals surface area contributed by atoms with Gasteiger partial charge in [0, 0.05) is 37.4 Å². The lowest BCUT2D eigenvalue weighted by Crippen LogP contribution is -2.46. The Balaban J connectivity index is 0.000000960. The Labute approximate surface area is 148 Å². The van der Waals surface area contributed by atoms with Crippen molar-refractivity contribution in [2.24, 2.45) is 4.99 Å². The summed E-state index contributed by atoms with van der Waals surface area (Å²) in [4.78, 5) is 7.33. The summed E-state index contributed by atoms with van der Waals surface area (Å²) in [6, 6.07) is 16.6. The summed E-state index contributed by atoms with van der Waals surface area (Å²) in [5.74, 6) is 1.07. The van der Waals surface area contributed by atoms with Crippen molar-refractivity contribution in [1.82, 2.24) is 10.2 Å². The zero-order valence-corrected chi connectivity index (χ0v) is 14.3. The third kappa shape index (κ3) is 3.44. The fourth-order valence-corrected chi connectivity index (χ4v) is 2.90. The molecule has 0 aliphatic carbocycles. The number of amidine groups is 1. The van der Waals surface area contributed by atoms with Crippen molar-refractivity contribution in [1.29, 1.82) is 0 Å². The van der Waals surface area contributed by atoms with Gasteiger partial charge in [-0.3, -0.25) is 0 Å². The van der Waals surface area contributed by atoms with E-state index in [4.69, 9.17) is 4.99 Å². The van der Waals surface area contributed by atoms with Crippen molar-refractivity contribution in [2.45, 2.75) is 0 Å². The minimum absolute atomic E-state index is 0. The number of anilines is 2. The van der Waals surface area contributed by atoms with Gasteiger partial charge in [0.05, 0.1) is 11.4 Å². The van der Waals surface area contributed by atoms with Crippen molar-refractivity contribution in [3.63, 3.8) is 0 Å². The first-order valence-electron chi connectivity index (χ1n) is 7.42. The standard InChI is InChI=1S/C17H18N4.2ClH/c1-2-6-14-13(5-1)17(21-11-9-18-10-12-21)20-16-8-4-3-7-15(16)19-14;;/h1-8,18-19H,9-12H2;2*1H. The molecule has 0 amide bonds. The fraction of sp³-hybridized carbons (Fsp3) is 0.235. The molecule has 1 fully saturated rings. The molecular formula is C17H20Cl2N4. The molecule has 1 saturated heterocycles. The Bertz CT molecular complexity index is 696. The minimum Gasteiger partial charge on any atom is -0.353 e. The number of para-hydroxylation sites is 3. The number of benzene rings is 2. The topological polar surface area (TPSA) is 39.7 Å². The van der Waals surface area contributed by atoms with E-state index in [0.717, 1.165) is 49.1 Å². The summed E-state index contributed by atoms with van der Waals surface area (Å²) >= 11 is 0. The predicted octanol–water partition coefficient (Wildman–Crippen LogP) is 3.57. The van der Waals surface area contributed by atoms with Gasteiger partial charge in [0.15, 0.2) is 0 Å². The molecule has 0 atom stereocenters. The highest BCUT2D eigenvalue weighted by Gasteiger charge is 2.21. The van der Waals surface area contributed by atoms with Gasteiger partial charge in [0.25, 0.3) is 0 Å². The number of rotatable bonds is 0. The summed E-state index contributed by atoms with van der Waals surface area (Å²) in [6.07, 6.45) is 0. The van der Waals surface area contributed by atoms with E-state index >= 15 is 0 Å². The first-order chi connectivity index (χ1) is 10.4. The van der Waals surface area contributed by atoms with Gasteiger partial charge < -0.3 is 15.5 Å². The van der Waals surface area contributed by atoms with Gasteiger partial charge in [-0.25, -0.2) is 4.99 Å². The average Bonchev–Trinajstić information content (AvgIpc) is 2.72. The van der Waals surface area contributed by atoms with Crippen molar-refractivity contribution in [3.8, 4) is 0 Å². The molecule has 2 aliphatic heterocycles. The number of hydrogen-bond acceptors (Lipinski definition) is 4. The van der Waals surface area contributed by atoms with Gasteiger partial charge in [-0.05, 0) is 24.3 Å². The second kappa shape index (κ2) is 7.68. The van der Waals surface area contributed by atoms with Crippen LogP contribution in [0.15, 0.2) is 53.5 Å². The molecule has 2 aromatic rings. The van der Waals surface area contributed by atoms with E-state index in [1.165, 1.54) is 5.56 Å². The number of nitrogens with zero attached hydrogens (tertiary/aromatic N) is 2. The van der Waals surface area contributed by atoms with E-state index in [0.29, 0.717) is 0 Å². The van der Waals surface area contributed by atoms with Gasteiger partial charge in [-0.2, -0.15) is 0 Å². The molecule has 0 unspecified atom stereocenters. The number of nitrogens with one attached hydrogen (secondary N) is 2. The van der Waals surface area contributed by atoms with Crippen molar-refractivity contribution < 1.29 is 0 Å². The summed E-state index contributed by atoms with van der Waals surface area (Å²) in [7, 11) is 0. The van der Waals surface area contributed by atoms with Crippen molar-refractivity contribution in [3.05, 3.63) is 54.1 Å².